The van der Waals surface area contributed by atoms with E-state index >= 15 is 0 Å². The van der Waals surface area contributed by atoms with Gasteiger partial charge in [0, 0.05) is 0 Å². The van der Waals surface area contributed by atoms with E-state index in [9.17, 15) is 5.11 Å². The van der Waals surface area contributed by atoms with Crippen molar-refractivity contribution in [3.05, 3.63) is 40.1 Å². The second kappa shape index (κ2) is 3.07. The van der Waals surface area contributed by atoms with Gasteiger partial charge in [0.2, 0.25) is 0 Å². The fourth-order valence-corrected chi connectivity index (χ4v) is 1.72. The van der Waals surface area contributed by atoms with Crippen LogP contribution in [0.3, 0.4) is 0 Å². The van der Waals surface area contributed by atoms with Crippen molar-refractivity contribution >= 4 is 23.2 Å². The molecule has 1 aromatic rings. The number of fused-ring (bicyclic) bond motifs is 1. The highest BCUT2D eigenvalue weighted by atomic mass is 32.2. The molecular weight excluding hydrogens is 168 g/mol. The summed E-state index contributed by atoms with van der Waals surface area (Å²) < 4.78 is 0. The summed E-state index contributed by atoms with van der Waals surface area (Å²) in [6.45, 7) is 0. The number of benzene rings is 1. The number of rotatable bonds is 0. The molecule has 1 heterocycles. The largest absolute Gasteiger partial charge is 0.508 e. The molecule has 1 aliphatic heterocycles. The maximum absolute atomic E-state index is 9.22. The Balaban J connectivity index is 2.78. The number of hydrogen-bond acceptors (Lipinski definition) is 2. The Kier molecular flexibility index (Phi) is 1.92. The number of allylic oxidation sites excluding steroid dienone is 1. The quantitative estimate of drug-likeness (QED) is 0.640. The smallest absolute Gasteiger partial charge is 0.116 e. The molecule has 0 amide bonds. The van der Waals surface area contributed by atoms with Crippen molar-refractivity contribution in [2.45, 2.75) is 0 Å². The molecule has 0 radical (unpaired) electrons. The van der Waals surface area contributed by atoms with Gasteiger partial charge in [0.15, 0.2) is 0 Å². The number of phenolic OH excluding ortho intramolecular Hbond substituents is 1. The lowest BCUT2D eigenvalue weighted by Crippen LogP contribution is -2.22. The van der Waals surface area contributed by atoms with Gasteiger partial charge in [-0.1, -0.05) is 18.2 Å². The Morgan fingerprint density at radius 3 is 3.00 bits per heavy atom. The first kappa shape index (κ1) is 7.50. The number of aromatic hydroxyl groups is 1. The van der Waals surface area contributed by atoms with Crippen LogP contribution in [0.5, 0.6) is 5.75 Å². The second-order valence-electron chi connectivity index (χ2n) is 2.56. The predicted molar refractivity (Wildman–Crippen MR) is 53.0 cm³/mol. The van der Waals surface area contributed by atoms with Crippen LogP contribution >= 0.6 is 11.8 Å². The molecule has 0 bridgehead atoms. The summed E-state index contributed by atoms with van der Waals surface area (Å²) in [5.41, 5.74) is 0. The number of hydrogen-bond donors (Lipinski definition) is 1. The summed E-state index contributed by atoms with van der Waals surface area (Å²) in [6.07, 6.45) is 4.04. The monoisotopic (exact) mass is 176 g/mol. The van der Waals surface area contributed by atoms with Gasteiger partial charge < -0.3 is 5.11 Å². The van der Waals surface area contributed by atoms with Crippen LogP contribution in [-0.4, -0.2) is 5.11 Å². The third-order valence-corrected chi connectivity index (χ3v) is 2.40. The van der Waals surface area contributed by atoms with Crippen LogP contribution < -0.4 is 10.4 Å². The summed E-state index contributed by atoms with van der Waals surface area (Å²) in [4.78, 5) is 0. The fourth-order valence-electron chi connectivity index (χ4n) is 1.12. The topological polar surface area (TPSA) is 20.2 Å². The number of thioether (sulfide) groups is 1. The lowest BCUT2D eigenvalue weighted by atomic mass is 10.2. The molecule has 0 atom stereocenters. The van der Waals surface area contributed by atoms with Gasteiger partial charge in [-0.25, -0.2) is 0 Å². The molecule has 60 valence electrons. The lowest BCUT2D eigenvalue weighted by molar-refractivity contribution is 0.474. The summed E-state index contributed by atoms with van der Waals surface area (Å²) in [6, 6.07) is 5.39. The molecule has 2 rings (SSSR count). The summed E-state index contributed by atoms with van der Waals surface area (Å²) in [5.74, 6) is 0.320. The van der Waals surface area contributed by atoms with Crippen LogP contribution in [-0.2, 0) is 0 Å². The van der Waals surface area contributed by atoms with E-state index in [2.05, 4.69) is 0 Å². The Bertz CT molecular complexity index is 432. The SMILES string of the molecule is Oc1ccc2c(c1)=CSC=CC=2. The Morgan fingerprint density at radius 1 is 1.17 bits per heavy atom. The Labute approximate surface area is 74.7 Å². The molecule has 0 saturated carbocycles. The molecule has 0 fully saturated rings. The highest BCUT2D eigenvalue weighted by molar-refractivity contribution is 8.09. The van der Waals surface area contributed by atoms with Gasteiger partial charge in [-0.2, -0.15) is 0 Å². The van der Waals surface area contributed by atoms with Crippen molar-refractivity contribution in [2.75, 3.05) is 0 Å². The molecular formula is C10H8OS. The normalized spacial score (nSPS) is 14.0. The van der Waals surface area contributed by atoms with Crippen LogP contribution in [0.2, 0.25) is 0 Å². The number of phenols is 1. The van der Waals surface area contributed by atoms with Crippen molar-refractivity contribution in [1.29, 1.82) is 0 Å². The average Bonchev–Trinajstić information content (AvgIpc) is 2.28. The third-order valence-electron chi connectivity index (χ3n) is 1.70. The molecule has 1 aliphatic rings. The molecule has 12 heavy (non-hydrogen) atoms. The van der Waals surface area contributed by atoms with Crippen molar-refractivity contribution in [2.24, 2.45) is 0 Å². The van der Waals surface area contributed by atoms with Crippen LogP contribution in [0.25, 0.3) is 11.5 Å². The zero-order valence-corrected chi connectivity index (χ0v) is 7.21. The van der Waals surface area contributed by atoms with Gasteiger partial charge in [-0.3, -0.25) is 0 Å². The fraction of sp³-hybridized carbons (Fsp3) is 0. The standard InChI is InChI=1S/C10H8OS/c11-10-4-3-8-2-1-5-12-7-9(8)6-10/h1-7,11H. The zero-order chi connectivity index (χ0) is 8.39. The average molecular weight is 176 g/mol. The zero-order valence-electron chi connectivity index (χ0n) is 6.40. The molecule has 0 unspecified atom stereocenters. The minimum Gasteiger partial charge on any atom is -0.508 e. The van der Waals surface area contributed by atoms with Gasteiger partial charge in [0.25, 0.3) is 0 Å². The van der Waals surface area contributed by atoms with Crippen LogP contribution in [0.4, 0.5) is 0 Å². The molecule has 1 aromatic carbocycles. The lowest BCUT2D eigenvalue weighted by Gasteiger charge is -1.90. The molecule has 1 N–H and O–H groups in total. The first-order valence-electron chi connectivity index (χ1n) is 3.68. The molecule has 0 aromatic heterocycles. The van der Waals surface area contributed by atoms with E-state index in [1.165, 1.54) is 0 Å². The van der Waals surface area contributed by atoms with E-state index in [1.54, 1.807) is 23.9 Å². The van der Waals surface area contributed by atoms with Gasteiger partial charge in [0.1, 0.15) is 5.75 Å². The minimum atomic E-state index is 0.320. The van der Waals surface area contributed by atoms with Crippen LogP contribution in [0.1, 0.15) is 0 Å². The van der Waals surface area contributed by atoms with Crippen molar-refractivity contribution in [1.82, 2.24) is 0 Å². The maximum atomic E-state index is 9.22. The first-order valence-corrected chi connectivity index (χ1v) is 4.62. The summed E-state index contributed by atoms with van der Waals surface area (Å²) in [7, 11) is 0. The van der Waals surface area contributed by atoms with E-state index in [0.29, 0.717) is 5.75 Å². The molecule has 0 saturated heterocycles. The summed E-state index contributed by atoms with van der Waals surface area (Å²) in [5, 5.41) is 15.5. The molecule has 1 nitrogen and oxygen atoms in total. The van der Waals surface area contributed by atoms with Crippen molar-refractivity contribution in [3.8, 4) is 5.75 Å². The first-order chi connectivity index (χ1) is 5.86. The predicted octanol–water partition coefficient (Wildman–Crippen LogP) is 1.17. The van der Waals surface area contributed by atoms with E-state index in [1.807, 2.05) is 29.0 Å². The van der Waals surface area contributed by atoms with E-state index in [-0.39, 0.29) is 0 Å². The highest BCUT2D eigenvalue weighted by Crippen LogP contribution is 2.06. The van der Waals surface area contributed by atoms with Crippen molar-refractivity contribution in [3.63, 3.8) is 0 Å². The Morgan fingerprint density at radius 2 is 2.08 bits per heavy atom. The Hall–Kier alpha value is -1.15. The third kappa shape index (κ3) is 1.38. The van der Waals surface area contributed by atoms with E-state index < -0.39 is 0 Å². The minimum absolute atomic E-state index is 0.320. The van der Waals surface area contributed by atoms with Gasteiger partial charge in [0.05, 0.1) is 0 Å². The van der Waals surface area contributed by atoms with Crippen LogP contribution in [0.15, 0.2) is 29.7 Å². The van der Waals surface area contributed by atoms with Gasteiger partial charge in [-0.15, -0.1) is 11.8 Å². The maximum Gasteiger partial charge on any atom is 0.116 e. The second-order valence-corrected chi connectivity index (χ2v) is 3.34. The van der Waals surface area contributed by atoms with Gasteiger partial charge in [-0.05, 0) is 33.4 Å². The highest BCUT2D eigenvalue weighted by Gasteiger charge is 1.90. The van der Waals surface area contributed by atoms with Crippen molar-refractivity contribution < 1.29 is 5.11 Å². The summed E-state index contributed by atoms with van der Waals surface area (Å²) >= 11 is 1.62. The molecule has 0 aliphatic carbocycles. The molecule has 2 heteroatoms. The van der Waals surface area contributed by atoms with Crippen LogP contribution in [0, 0.1) is 0 Å². The molecule has 0 spiro atoms. The van der Waals surface area contributed by atoms with E-state index in [4.69, 9.17) is 0 Å². The van der Waals surface area contributed by atoms with Gasteiger partial charge >= 0.3 is 0 Å². The van der Waals surface area contributed by atoms with E-state index in [0.717, 1.165) is 10.4 Å².